The van der Waals surface area contributed by atoms with Crippen LogP contribution in [0.3, 0.4) is 0 Å². The van der Waals surface area contributed by atoms with Gasteiger partial charge in [-0.3, -0.25) is 4.79 Å². The van der Waals surface area contributed by atoms with Gasteiger partial charge in [0, 0.05) is 5.56 Å². The number of nitrogens with one attached hydrogen (secondary N) is 1. The van der Waals surface area contributed by atoms with Crippen LogP contribution >= 0.6 is 0 Å². The van der Waals surface area contributed by atoms with Crippen LogP contribution in [0, 0.1) is 6.92 Å². The summed E-state index contributed by atoms with van der Waals surface area (Å²) in [5.74, 6) is -0.0857. The molecule has 0 aliphatic heterocycles. The van der Waals surface area contributed by atoms with Gasteiger partial charge in [0.15, 0.2) is 0 Å². The molecule has 0 heterocycles. The zero-order valence-corrected chi connectivity index (χ0v) is 13.2. The van der Waals surface area contributed by atoms with E-state index in [9.17, 15) is 9.90 Å². The van der Waals surface area contributed by atoms with Gasteiger partial charge in [0.2, 0.25) is 0 Å². The van der Waals surface area contributed by atoms with Gasteiger partial charge >= 0.3 is 0 Å². The Hall–Kier alpha value is -2.81. The highest BCUT2D eigenvalue weighted by atomic mass is 16.3. The van der Waals surface area contributed by atoms with Gasteiger partial charge in [0.25, 0.3) is 5.91 Å². The number of aromatic hydroxyl groups is 1. The van der Waals surface area contributed by atoms with Gasteiger partial charge in [-0.05, 0) is 47.9 Å². The minimum Gasteiger partial charge on any atom is -0.508 e. The van der Waals surface area contributed by atoms with E-state index >= 15 is 0 Å². The molecular weight excluding hydrogens is 286 g/mol. The maximum atomic E-state index is 12.5. The van der Waals surface area contributed by atoms with E-state index in [-0.39, 0.29) is 17.7 Å². The molecule has 0 aliphatic rings. The van der Waals surface area contributed by atoms with Crippen LogP contribution < -0.4 is 5.32 Å². The van der Waals surface area contributed by atoms with Crippen molar-refractivity contribution >= 4 is 16.7 Å². The van der Waals surface area contributed by atoms with Gasteiger partial charge in [0.1, 0.15) is 5.75 Å². The average Bonchev–Trinajstić information content (AvgIpc) is 2.56. The number of hydrogen-bond donors (Lipinski definition) is 2. The number of benzene rings is 3. The Kier molecular flexibility index (Phi) is 4.02. The molecule has 0 aliphatic carbocycles. The number of phenols is 1. The summed E-state index contributed by atoms with van der Waals surface area (Å²) in [5.41, 5.74) is 2.41. The molecule has 0 unspecified atom stereocenters. The fraction of sp³-hybridized carbons (Fsp3) is 0.150. The second-order valence-electron chi connectivity index (χ2n) is 5.76. The molecule has 0 fully saturated rings. The van der Waals surface area contributed by atoms with Gasteiger partial charge in [-0.15, -0.1) is 0 Å². The van der Waals surface area contributed by atoms with Crippen LogP contribution in [0.15, 0.2) is 60.7 Å². The van der Waals surface area contributed by atoms with Crippen molar-refractivity contribution in [2.75, 3.05) is 0 Å². The Morgan fingerprint density at radius 2 is 1.78 bits per heavy atom. The number of phenolic OH excluding ortho intramolecular Hbond substituents is 1. The van der Waals surface area contributed by atoms with Crippen LogP contribution in [0.5, 0.6) is 5.75 Å². The number of amides is 1. The zero-order chi connectivity index (χ0) is 16.4. The molecule has 3 aromatic rings. The molecule has 0 saturated carbocycles. The Balaban J connectivity index is 1.90. The Morgan fingerprint density at radius 1 is 1.04 bits per heavy atom. The smallest absolute Gasteiger partial charge is 0.252 e. The molecule has 0 spiro atoms. The summed E-state index contributed by atoms with van der Waals surface area (Å²) >= 11 is 0. The second-order valence-corrected chi connectivity index (χ2v) is 5.76. The molecule has 3 heteroatoms. The van der Waals surface area contributed by atoms with E-state index < -0.39 is 0 Å². The highest BCUT2D eigenvalue weighted by Crippen LogP contribution is 2.25. The summed E-state index contributed by atoms with van der Waals surface area (Å²) < 4.78 is 0. The topological polar surface area (TPSA) is 49.3 Å². The highest BCUT2D eigenvalue weighted by molar-refractivity contribution is 5.96. The lowest BCUT2D eigenvalue weighted by Gasteiger charge is -2.17. The molecule has 116 valence electrons. The lowest BCUT2D eigenvalue weighted by molar-refractivity contribution is 0.0939. The predicted octanol–water partition coefficient (Wildman–Crippen LogP) is 4.34. The summed E-state index contributed by atoms with van der Waals surface area (Å²) in [6.07, 6.45) is 0. The zero-order valence-electron chi connectivity index (χ0n) is 13.2. The van der Waals surface area contributed by atoms with Gasteiger partial charge < -0.3 is 10.4 Å². The standard InChI is InChI=1S/C20H19NO2/c1-13-10-11-16(22)12-19(13)20(23)21-14(2)17-9-5-7-15-6-3-4-8-18(15)17/h3-12,14,22H,1-2H3,(H,21,23)/t14-/m1/s1. The van der Waals surface area contributed by atoms with Crippen LogP contribution in [-0.4, -0.2) is 11.0 Å². The Bertz CT molecular complexity index is 865. The first-order valence-corrected chi connectivity index (χ1v) is 7.64. The number of carbonyl (C=O) groups is 1. The van der Waals surface area contributed by atoms with Gasteiger partial charge in [-0.2, -0.15) is 0 Å². The average molecular weight is 305 g/mol. The van der Waals surface area contributed by atoms with E-state index in [2.05, 4.69) is 23.5 Å². The molecule has 1 atom stereocenters. The van der Waals surface area contributed by atoms with Crippen molar-refractivity contribution in [1.82, 2.24) is 5.32 Å². The minimum atomic E-state index is -0.182. The molecule has 3 aromatic carbocycles. The van der Waals surface area contributed by atoms with Gasteiger partial charge in [0.05, 0.1) is 6.04 Å². The summed E-state index contributed by atoms with van der Waals surface area (Å²) in [5, 5.41) is 14.9. The monoisotopic (exact) mass is 305 g/mol. The maximum Gasteiger partial charge on any atom is 0.252 e. The molecule has 0 aromatic heterocycles. The van der Waals surface area contributed by atoms with Crippen LogP contribution in [-0.2, 0) is 0 Å². The van der Waals surface area contributed by atoms with Crippen LogP contribution in [0.25, 0.3) is 10.8 Å². The molecule has 3 nitrogen and oxygen atoms in total. The first-order chi connectivity index (χ1) is 11.1. The number of rotatable bonds is 3. The maximum absolute atomic E-state index is 12.5. The minimum absolute atomic E-state index is 0.0959. The largest absolute Gasteiger partial charge is 0.508 e. The highest BCUT2D eigenvalue weighted by Gasteiger charge is 2.15. The molecule has 0 saturated heterocycles. The third-order valence-corrected chi connectivity index (χ3v) is 4.10. The van der Waals surface area contributed by atoms with E-state index in [4.69, 9.17) is 0 Å². The van der Waals surface area contributed by atoms with Crippen LogP contribution in [0.4, 0.5) is 0 Å². The van der Waals surface area contributed by atoms with Crippen molar-refractivity contribution in [2.24, 2.45) is 0 Å². The van der Waals surface area contributed by atoms with Crippen LogP contribution in [0.2, 0.25) is 0 Å². The van der Waals surface area contributed by atoms with E-state index in [1.807, 2.05) is 38.1 Å². The van der Waals surface area contributed by atoms with Gasteiger partial charge in [-0.1, -0.05) is 48.5 Å². The molecule has 3 rings (SSSR count). The van der Waals surface area contributed by atoms with Crippen molar-refractivity contribution in [1.29, 1.82) is 0 Å². The first-order valence-electron chi connectivity index (χ1n) is 7.64. The van der Waals surface area contributed by atoms with Crippen molar-refractivity contribution in [3.8, 4) is 5.75 Å². The van der Waals surface area contributed by atoms with Crippen molar-refractivity contribution < 1.29 is 9.90 Å². The number of carbonyl (C=O) groups excluding carboxylic acids is 1. The molecule has 0 radical (unpaired) electrons. The van der Waals surface area contributed by atoms with Crippen molar-refractivity contribution in [3.05, 3.63) is 77.4 Å². The van der Waals surface area contributed by atoms with Crippen molar-refractivity contribution in [2.45, 2.75) is 19.9 Å². The van der Waals surface area contributed by atoms with E-state index in [0.717, 1.165) is 21.9 Å². The predicted molar refractivity (Wildman–Crippen MR) is 92.7 cm³/mol. The fourth-order valence-corrected chi connectivity index (χ4v) is 2.83. The molecule has 1 amide bonds. The SMILES string of the molecule is Cc1ccc(O)cc1C(=O)N[C@H](C)c1cccc2ccccc12. The van der Waals surface area contributed by atoms with E-state index in [0.29, 0.717) is 5.56 Å². The number of aryl methyl sites for hydroxylation is 1. The molecule has 2 N–H and O–H groups in total. The van der Waals surface area contributed by atoms with Crippen molar-refractivity contribution in [3.63, 3.8) is 0 Å². The summed E-state index contributed by atoms with van der Waals surface area (Å²) in [6, 6.07) is 18.9. The third-order valence-electron chi connectivity index (χ3n) is 4.10. The normalized spacial score (nSPS) is 12.1. The lowest BCUT2D eigenvalue weighted by Crippen LogP contribution is -2.27. The second kappa shape index (κ2) is 6.13. The summed E-state index contributed by atoms with van der Waals surface area (Å²) in [6.45, 7) is 3.83. The van der Waals surface area contributed by atoms with Gasteiger partial charge in [-0.25, -0.2) is 0 Å². The molecule has 23 heavy (non-hydrogen) atoms. The quantitative estimate of drug-likeness (QED) is 0.756. The van der Waals surface area contributed by atoms with E-state index in [1.54, 1.807) is 12.1 Å². The van der Waals surface area contributed by atoms with Crippen LogP contribution in [0.1, 0.15) is 34.5 Å². The summed E-state index contributed by atoms with van der Waals surface area (Å²) in [7, 11) is 0. The first kappa shape index (κ1) is 15.1. The molecular formula is C20H19NO2. The number of hydrogen-bond acceptors (Lipinski definition) is 2. The lowest BCUT2D eigenvalue weighted by atomic mass is 9.99. The molecule has 0 bridgehead atoms. The Morgan fingerprint density at radius 3 is 2.61 bits per heavy atom. The third kappa shape index (κ3) is 3.04. The summed E-state index contributed by atoms with van der Waals surface area (Å²) in [4.78, 5) is 12.5. The van der Waals surface area contributed by atoms with E-state index in [1.165, 1.54) is 6.07 Å². The number of fused-ring (bicyclic) bond motifs is 1. The fourth-order valence-electron chi connectivity index (χ4n) is 2.83. The Labute approximate surface area is 135 Å².